The number of hydrogen-bond acceptors (Lipinski definition) is 2. The van der Waals surface area contributed by atoms with Crippen molar-refractivity contribution in [3.63, 3.8) is 0 Å². The molecule has 0 unspecified atom stereocenters. The van der Waals surface area contributed by atoms with E-state index in [1.807, 2.05) is 0 Å². The Bertz CT molecular complexity index is 68.5. The molecule has 0 spiro atoms. The van der Waals surface area contributed by atoms with E-state index in [1.54, 1.807) is 13.1 Å². The molecule has 0 aromatic rings. The summed E-state index contributed by atoms with van der Waals surface area (Å²) in [6.07, 6.45) is 3.06. The molecule has 0 aromatic carbocycles. The van der Waals surface area contributed by atoms with Crippen LogP contribution in [0.4, 0.5) is 0 Å². The predicted octanol–water partition coefficient (Wildman–Crippen LogP) is 0.847. The van der Waals surface area contributed by atoms with Crippen molar-refractivity contribution in [3.05, 3.63) is 12.7 Å². The Kier molecular flexibility index (Phi) is 4.62. The van der Waals surface area contributed by atoms with Gasteiger partial charge in [-0.05, 0) is 0 Å². The predicted molar refractivity (Wildman–Crippen MR) is 30.6 cm³/mol. The van der Waals surface area contributed by atoms with Crippen LogP contribution in [-0.2, 0) is 4.74 Å². The van der Waals surface area contributed by atoms with Crippen molar-refractivity contribution in [1.29, 1.82) is 0 Å². The van der Waals surface area contributed by atoms with E-state index in [4.69, 9.17) is 4.74 Å². The monoisotopic (exact) mass is 99.1 g/mol. The minimum absolute atomic E-state index is 0.539. The van der Waals surface area contributed by atoms with Crippen molar-refractivity contribution in [2.24, 2.45) is 4.99 Å². The van der Waals surface area contributed by atoms with E-state index in [1.165, 1.54) is 6.40 Å². The molecule has 0 aliphatic carbocycles. The van der Waals surface area contributed by atoms with Gasteiger partial charge in [0.1, 0.15) is 6.61 Å². The summed E-state index contributed by atoms with van der Waals surface area (Å²) in [4.78, 5) is 3.58. The van der Waals surface area contributed by atoms with Crippen molar-refractivity contribution in [3.8, 4) is 0 Å². The van der Waals surface area contributed by atoms with Crippen molar-refractivity contribution in [2.45, 2.75) is 0 Å². The fraction of sp³-hybridized carbons (Fsp3) is 0.400. The highest BCUT2D eigenvalue weighted by Crippen LogP contribution is 1.66. The average molecular weight is 99.1 g/mol. The fourth-order valence-corrected chi connectivity index (χ4v) is 0.186. The Morgan fingerprint density at radius 3 is 3.00 bits per heavy atom. The number of ether oxygens (including phenoxy) is 1. The van der Waals surface area contributed by atoms with Gasteiger partial charge < -0.3 is 4.74 Å². The molecular weight excluding hydrogens is 90.1 g/mol. The van der Waals surface area contributed by atoms with E-state index >= 15 is 0 Å². The smallest absolute Gasteiger partial charge is 0.169 e. The number of nitrogens with zero attached hydrogens (tertiary/aromatic N) is 1. The Morgan fingerprint density at radius 1 is 1.86 bits per heavy atom. The highest BCUT2D eigenvalue weighted by molar-refractivity contribution is 5.45. The van der Waals surface area contributed by atoms with E-state index in [-0.39, 0.29) is 0 Å². The van der Waals surface area contributed by atoms with Gasteiger partial charge in [-0.25, -0.2) is 0 Å². The summed E-state index contributed by atoms with van der Waals surface area (Å²) in [6, 6.07) is 0. The summed E-state index contributed by atoms with van der Waals surface area (Å²) in [5, 5.41) is 0. The summed E-state index contributed by atoms with van der Waals surface area (Å²) in [7, 11) is 1.66. The van der Waals surface area contributed by atoms with Gasteiger partial charge in [-0.3, -0.25) is 4.99 Å². The van der Waals surface area contributed by atoms with E-state index in [2.05, 4.69) is 11.6 Å². The highest BCUT2D eigenvalue weighted by atomic mass is 16.5. The van der Waals surface area contributed by atoms with Gasteiger partial charge >= 0.3 is 0 Å². The van der Waals surface area contributed by atoms with E-state index in [0.717, 1.165) is 0 Å². The Morgan fingerprint density at radius 2 is 2.57 bits per heavy atom. The lowest BCUT2D eigenvalue weighted by Crippen LogP contribution is -1.84. The fourth-order valence-electron chi connectivity index (χ4n) is 0.186. The summed E-state index contributed by atoms with van der Waals surface area (Å²) >= 11 is 0. The number of rotatable bonds is 3. The molecule has 0 saturated carbocycles. The van der Waals surface area contributed by atoms with E-state index in [0.29, 0.717) is 6.61 Å². The molecule has 0 amide bonds. The molecule has 0 heterocycles. The van der Waals surface area contributed by atoms with Crippen LogP contribution in [0.15, 0.2) is 17.6 Å². The highest BCUT2D eigenvalue weighted by Gasteiger charge is 1.65. The van der Waals surface area contributed by atoms with Gasteiger partial charge in [-0.15, -0.1) is 0 Å². The zero-order valence-electron chi connectivity index (χ0n) is 4.42. The molecule has 0 rings (SSSR count). The molecule has 7 heavy (non-hydrogen) atoms. The summed E-state index contributed by atoms with van der Waals surface area (Å²) < 4.78 is 4.72. The van der Waals surface area contributed by atoms with Crippen LogP contribution < -0.4 is 0 Å². The van der Waals surface area contributed by atoms with E-state index < -0.39 is 0 Å². The standard InChI is InChI=1S/C5H9NO/c1-3-4-7-5-6-2/h3,5H,1,4H2,2H3. The number of hydrogen-bond donors (Lipinski definition) is 0. The summed E-state index contributed by atoms with van der Waals surface area (Å²) in [5.74, 6) is 0. The quantitative estimate of drug-likeness (QED) is 0.222. The minimum atomic E-state index is 0.539. The second kappa shape index (κ2) is 5.21. The molecule has 0 radical (unpaired) electrons. The first kappa shape index (κ1) is 6.21. The van der Waals surface area contributed by atoms with Crippen LogP contribution in [0.3, 0.4) is 0 Å². The maximum Gasteiger partial charge on any atom is 0.169 e. The maximum atomic E-state index is 4.72. The van der Waals surface area contributed by atoms with Gasteiger partial charge in [0, 0.05) is 7.05 Å². The van der Waals surface area contributed by atoms with Gasteiger partial charge in [0.05, 0.1) is 0 Å². The topological polar surface area (TPSA) is 21.6 Å². The molecule has 0 N–H and O–H groups in total. The van der Waals surface area contributed by atoms with Gasteiger partial charge in [0.2, 0.25) is 0 Å². The summed E-state index contributed by atoms with van der Waals surface area (Å²) in [6.45, 7) is 3.98. The largest absolute Gasteiger partial charge is 0.479 e. The second-order valence-corrected chi connectivity index (χ2v) is 0.986. The molecule has 0 saturated heterocycles. The summed E-state index contributed by atoms with van der Waals surface area (Å²) in [5.41, 5.74) is 0. The molecular formula is C5H9NO. The zero-order chi connectivity index (χ0) is 5.54. The van der Waals surface area contributed by atoms with Crippen molar-refractivity contribution >= 4 is 6.40 Å². The van der Waals surface area contributed by atoms with Gasteiger partial charge in [0.15, 0.2) is 6.40 Å². The van der Waals surface area contributed by atoms with Crippen LogP contribution in [-0.4, -0.2) is 20.1 Å². The lowest BCUT2D eigenvalue weighted by molar-refractivity contribution is 0.367. The van der Waals surface area contributed by atoms with Crippen LogP contribution in [0.2, 0.25) is 0 Å². The Labute approximate surface area is 43.5 Å². The third-order valence-corrected chi connectivity index (χ3v) is 0.394. The van der Waals surface area contributed by atoms with Crippen LogP contribution in [0, 0.1) is 0 Å². The molecule has 0 aromatic heterocycles. The van der Waals surface area contributed by atoms with Gasteiger partial charge in [-0.2, -0.15) is 0 Å². The van der Waals surface area contributed by atoms with Crippen molar-refractivity contribution in [2.75, 3.05) is 13.7 Å². The van der Waals surface area contributed by atoms with Crippen LogP contribution in [0.1, 0.15) is 0 Å². The Hall–Kier alpha value is -0.790. The molecule has 40 valence electrons. The molecule has 0 aliphatic heterocycles. The zero-order valence-corrected chi connectivity index (χ0v) is 4.42. The molecule has 0 aliphatic rings. The third kappa shape index (κ3) is 5.21. The minimum Gasteiger partial charge on any atom is -0.479 e. The van der Waals surface area contributed by atoms with Crippen LogP contribution in [0.5, 0.6) is 0 Å². The molecule has 0 atom stereocenters. The lowest BCUT2D eigenvalue weighted by atomic mass is 10.7. The normalized spacial score (nSPS) is 9.29. The lowest BCUT2D eigenvalue weighted by Gasteiger charge is -1.87. The Balaban J connectivity index is 2.82. The van der Waals surface area contributed by atoms with Crippen molar-refractivity contribution in [1.82, 2.24) is 0 Å². The van der Waals surface area contributed by atoms with Crippen LogP contribution in [0.25, 0.3) is 0 Å². The third-order valence-electron chi connectivity index (χ3n) is 0.394. The van der Waals surface area contributed by atoms with Gasteiger partial charge in [0.25, 0.3) is 0 Å². The first-order chi connectivity index (χ1) is 3.41. The SMILES string of the molecule is C=CCOC=NC. The molecule has 0 bridgehead atoms. The molecule has 2 nitrogen and oxygen atoms in total. The van der Waals surface area contributed by atoms with Gasteiger partial charge in [-0.1, -0.05) is 12.7 Å². The molecule has 2 heteroatoms. The number of aliphatic imine (C=N–C) groups is 1. The molecule has 0 fully saturated rings. The maximum absolute atomic E-state index is 4.72. The average Bonchev–Trinajstić information content (AvgIpc) is 1.69. The first-order valence-electron chi connectivity index (χ1n) is 2.05. The first-order valence-corrected chi connectivity index (χ1v) is 2.05. The second-order valence-electron chi connectivity index (χ2n) is 0.986. The van der Waals surface area contributed by atoms with Crippen molar-refractivity contribution < 1.29 is 4.74 Å². The van der Waals surface area contributed by atoms with Crippen LogP contribution >= 0.6 is 0 Å². The van der Waals surface area contributed by atoms with E-state index in [9.17, 15) is 0 Å².